The first kappa shape index (κ1) is 15.5. The van der Waals surface area contributed by atoms with Crippen LogP contribution in [0.4, 0.5) is 5.69 Å². The van der Waals surface area contributed by atoms with Gasteiger partial charge < -0.3 is 15.3 Å². The maximum absolute atomic E-state index is 12.2. The first-order chi connectivity index (χ1) is 9.95. The van der Waals surface area contributed by atoms with Gasteiger partial charge in [0, 0.05) is 18.2 Å². The van der Waals surface area contributed by atoms with E-state index in [-0.39, 0.29) is 17.7 Å². The van der Waals surface area contributed by atoms with Crippen LogP contribution in [-0.4, -0.2) is 36.0 Å². The number of carboxylic acid groups (broad SMARTS) is 1. The molecule has 1 aliphatic rings. The molecule has 21 heavy (non-hydrogen) atoms. The van der Waals surface area contributed by atoms with E-state index in [9.17, 15) is 9.59 Å². The molecule has 0 aromatic heterocycles. The molecule has 114 valence electrons. The zero-order valence-corrected chi connectivity index (χ0v) is 12.5. The van der Waals surface area contributed by atoms with E-state index in [1.54, 1.807) is 0 Å². The SMILES string of the molecule is CN(C)Cc1cccc(NC(=O)C2CCC(C(=O)O)C2)c1. The van der Waals surface area contributed by atoms with Crippen molar-refractivity contribution in [1.82, 2.24) is 4.90 Å². The minimum absolute atomic E-state index is 0.0687. The number of anilines is 1. The monoisotopic (exact) mass is 290 g/mol. The van der Waals surface area contributed by atoms with Crippen LogP contribution in [0.2, 0.25) is 0 Å². The Labute approximate surface area is 125 Å². The summed E-state index contributed by atoms with van der Waals surface area (Å²) in [4.78, 5) is 25.2. The molecule has 0 radical (unpaired) electrons. The molecule has 5 nitrogen and oxygen atoms in total. The Bertz CT molecular complexity index is 528. The minimum atomic E-state index is -0.793. The van der Waals surface area contributed by atoms with Crippen molar-refractivity contribution in [3.05, 3.63) is 29.8 Å². The highest BCUT2D eigenvalue weighted by Crippen LogP contribution is 2.31. The third-order valence-corrected chi connectivity index (χ3v) is 3.85. The highest BCUT2D eigenvalue weighted by Gasteiger charge is 2.33. The number of carboxylic acids is 1. The summed E-state index contributed by atoms with van der Waals surface area (Å²) in [5, 5.41) is 11.9. The Morgan fingerprint density at radius 3 is 2.62 bits per heavy atom. The number of carbonyl (C=O) groups excluding carboxylic acids is 1. The van der Waals surface area contributed by atoms with Crippen molar-refractivity contribution < 1.29 is 14.7 Å². The number of nitrogens with zero attached hydrogens (tertiary/aromatic N) is 1. The Balaban J connectivity index is 1.95. The van der Waals surface area contributed by atoms with Crippen molar-refractivity contribution in [2.45, 2.75) is 25.8 Å². The second-order valence-corrected chi connectivity index (χ2v) is 5.97. The molecule has 2 rings (SSSR count). The number of nitrogens with one attached hydrogen (secondary N) is 1. The highest BCUT2D eigenvalue weighted by atomic mass is 16.4. The second-order valence-electron chi connectivity index (χ2n) is 5.97. The molecule has 0 saturated heterocycles. The van der Waals surface area contributed by atoms with Crippen molar-refractivity contribution in [1.29, 1.82) is 0 Å². The second kappa shape index (κ2) is 6.72. The number of hydrogen-bond donors (Lipinski definition) is 2. The average molecular weight is 290 g/mol. The summed E-state index contributed by atoms with van der Waals surface area (Å²) >= 11 is 0. The molecule has 2 atom stereocenters. The van der Waals surface area contributed by atoms with Crippen molar-refractivity contribution in [2.75, 3.05) is 19.4 Å². The number of carbonyl (C=O) groups is 2. The summed E-state index contributed by atoms with van der Waals surface area (Å²) in [6.45, 7) is 0.814. The fourth-order valence-electron chi connectivity index (χ4n) is 2.80. The lowest BCUT2D eigenvalue weighted by Gasteiger charge is -2.13. The molecular weight excluding hydrogens is 268 g/mol. The van der Waals surface area contributed by atoms with Crippen LogP contribution in [-0.2, 0) is 16.1 Å². The molecule has 0 aliphatic heterocycles. The van der Waals surface area contributed by atoms with Crippen LogP contribution in [0.5, 0.6) is 0 Å². The van der Waals surface area contributed by atoms with Crippen molar-refractivity contribution in [2.24, 2.45) is 11.8 Å². The van der Waals surface area contributed by atoms with Crippen molar-refractivity contribution in [3.8, 4) is 0 Å². The summed E-state index contributed by atoms with van der Waals surface area (Å²) in [6, 6.07) is 7.76. The topological polar surface area (TPSA) is 69.6 Å². The van der Waals surface area contributed by atoms with Gasteiger partial charge in [-0.1, -0.05) is 12.1 Å². The van der Waals surface area contributed by atoms with Gasteiger partial charge in [-0.15, -0.1) is 0 Å². The summed E-state index contributed by atoms with van der Waals surface area (Å²) in [6.07, 6.45) is 1.69. The lowest BCUT2D eigenvalue weighted by molar-refractivity contribution is -0.141. The number of rotatable bonds is 5. The molecule has 1 saturated carbocycles. The molecule has 2 N–H and O–H groups in total. The van der Waals surface area contributed by atoms with E-state index < -0.39 is 5.97 Å². The van der Waals surface area contributed by atoms with Gasteiger partial charge in [-0.3, -0.25) is 9.59 Å². The van der Waals surface area contributed by atoms with Crippen LogP contribution in [0.25, 0.3) is 0 Å². The molecule has 1 aliphatic carbocycles. The molecule has 1 aromatic rings. The third kappa shape index (κ3) is 4.29. The average Bonchev–Trinajstić information content (AvgIpc) is 2.88. The van der Waals surface area contributed by atoms with Crippen LogP contribution in [0, 0.1) is 11.8 Å². The zero-order chi connectivity index (χ0) is 15.4. The van der Waals surface area contributed by atoms with Crippen molar-refractivity contribution >= 4 is 17.6 Å². The maximum Gasteiger partial charge on any atom is 0.306 e. The smallest absolute Gasteiger partial charge is 0.306 e. The number of benzene rings is 1. The van der Waals surface area contributed by atoms with Gasteiger partial charge in [0.25, 0.3) is 0 Å². The van der Waals surface area contributed by atoms with E-state index in [1.165, 1.54) is 0 Å². The molecule has 0 heterocycles. The molecular formula is C16H22N2O3. The van der Waals surface area contributed by atoms with Gasteiger partial charge >= 0.3 is 5.97 Å². The molecule has 5 heteroatoms. The third-order valence-electron chi connectivity index (χ3n) is 3.85. The van der Waals surface area contributed by atoms with Gasteiger partial charge in [-0.25, -0.2) is 0 Å². The number of aliphatic carboxylic acids is 1. The van der Waals surface area contributed by atoms with Gasteiger partial charge in [0.1, 0.15) is 0 Å². The Morgan fingerprint density at radius 1 is 1.29 bits per heavy atom. The largest absolute Gasteiger partial charge is 0.481 e. The quantitative estimate of drug-likeness (QED) is 0.872. The standard InChI is InChI=1S/C16H22N2O3/c1-18(2)10-11-4-3-5-14(8-11)17-15(19)12-6-7-13(9-12)16(20)21/h3-5,8,12-13H,6-7,9-10H2,1-2H3,(H,17,19)(H,20,21). The highest BCUT2D eigenvalue weighted by molar-refractivity contribution is 5.93. The molecule has 0 spiro atoms. The summed E-state index contributed by atoms with van der Waals surface area (Å²) in [5.41, 5.74) is 1.91. The lowest BCUT2D eigenvalue weighted by Crippen LogP contribution is -2.21. The van der Waals surface area contributed by atoms with Gasteiger partial charge in [0.15, 0.2) is 0 Å². The molecule has 1 aromatic carbocycles. The lowest BCUT2D eigenvalue weighted by atomic mass is 10.0. The molecule has 1 amide bonds. The van der Waals surface area contributed by atoms with Gasteiger partial charge in [0.2, 0.25) is 5.91 Å². The molecule has 0 bridgehead atoms. The van der Waals surface area contributed by atoms with E-state index in [4.69, 9.17) is 5.11 Å². The predicted molar refractivity (Wildman–Crippen MR) is 80.9 cm³/mol. The summed E-state index contributed by atoms with van der Waals surface area (Å²) in [7, 11) is 3.99. The number of amides is 1. The summed E-state index contributed by atoms with van der Waals surface area (Å²) in [5.74, 6) is -1.43. The van der Waals surface area contributed by atoms with E-state index in [0.717, 1.165) is 17.8 Å². The van der Waals surface area contributed by atoms with E-state index in [0.29, 0.717) is 19.3 Å². The van der Waals surface area contributed by atoms with E-state index in [2.05, 4.69) is 10.2 Å². The van der Waals surface area contributed by atoms with Crippen LogP contribution >= 0.6 is 0 Å². The normalized spacial score (nSPS) is 21.5. The van der Waals surface area contributed by atoms with Crippen LogP contribution in [0.1, 0.15) is 24.8 Å². The van der Waals surface area contributed by atoms with Crippen LogP contribution in [0.15, 0.2) is 24.3 Å². The first-order valence-corrected chi connectivity index (χ1v) is 7.23. The van der Waals surface area contributed by atoms with Crippen molar-refractivity contribution in [3.63, 3.8) is 0 Å². The van der Waals surface area contributed by atoms with Gasteiger partial charge in [-0.2, -0.15) is 0 Å². The Kier molecular flexibility index (Phi) is 4.96. The fraction of sp³-hybridized carbons (Fsp3) is 0.500. The van der Waals surface area contributed by atoms with Gasteiger partial charge in [-0.05, 0) is 51.1 Å². The maximum atomic E-state index is 12.2. The van der Waals surface area contributed by atoms with Gasteiger partial charge in [0.05, 0.1) is 5.92 Å². The molecule has 2 unspecified atom stereocenters. The first-order valence-electron chi connectivity index (χ1n) is 7.23. The summed E-state index contributed by atoms with van der Waals surface area (Å²) < 4.78 is 0. The predicted octanol–water partition coefficient (Wildman–Crippen LogP) is 2.19. The number of hydrogen-bond acceptors (Lipinski definition) is 3. The van der Waals surface area contributed by atoms with Crippen LogP contribution in [0.3, 0.4) is 0 Å². The fourth-order valence-corrected chi connectivity index (χ4v) is 2.80. The Hall–Kier alpha value is -1.88. The van der Waals surface area contributed by atoms with E-state index in [1.807, 2.05) is 38.4 Å². The zero-order valence-electron chi connectivity index (χ0n) is 12.5. The van der Waals surface area contributed by atoms with Crippen LogP contribution < -0.4 is 5.32 Å². The minimum Gasteiger partial charge on any atom is -0.481 e. The Morgan fingerprint density at radius 2 is 2.00 bits per heavy atom. The molecule has 1 fully saturated rings. The van der Waals surface area contributed by atoms with E-state index >= 15 is 0 Å².